The van der Waals surface area contributed by atoms with Crippen molar-refractivity contribution in [3.63, 3.8) is 0 Å². The molecule has 0 bridgehead atoms. The maximum Gasteiger partial charge on any atom is 0.312 e. The molecule has 0 saturated heterocycles. The summed E-state index contributed by atoms with van der Waals surface area (Å²) in [4.78, 5) is 26.2. The number of esters is 1. The van der Waals surface area contributed by atoms with Gasteiger partial charge in [0.05, 0.1) is 17.9 Å². The van der Waals surface area contributed by atoms with Crippen molar-refractivity contribution >= 4 is 11.9 Å². The molecule has 4 heteroatoms. The maximum atomic E-state index is 13.7. The summed E-state index contributed by atoms with van der Waals surface area (Å²) < 4.78 is 5.86. The zero-order chi connectivity index (χ0) is 22.5. The van der Waals surface area contributed by atoms with Gasteiger partial charge < -0.3 is 9.84 Å². The number of ether oxygens (including phenoxy) is 1. The predicted molar refractivity (Wildman–Crippen MR) is 119 cm³/mol. The number of carboxylic acid groups (broad SMARTS) is 1. The van der Waals surface area contributed by atoms with E-state index in [0.717, 1.165) is 12.8 Å². The van der Waals surface area contributed by atoms with E-state index in [2.05, 4.69) is 34.6 Å². The molecule has 170 valence electrons. The van der Waals surface area contributed by atoms with Crippen molar-refractivity contribution in [1.29, 1.82) is 0 Å². The Kier molecular flexibility index (Phi) is 9.23. The van der Waals surface area contributed by atoms with Gasteiger partial charge in [-0.05, 0) is 41.9 Å². The van der Waals surface area contributed by atoms with Crippen LogP contribution in [0.15, 0.2) is 0 Å². The summed E-state index contributed by atoms with van der Waals surface area (Å²) in [6.45, 7) is 16.8. The first kappa shape index (κ1) is 26.0. The standard InChI is InChI=1S/C25H46O4/c1-18(2)14-25(15-19-12-10-9-11-13-19,22(28)29-17-24(6,7)8)20(21(26)27)16-23(3,4)5/h18-20H,9-17H2,1-8H3,(H,26,27). The minimum Gasteiger partial charge on any atom is -0.481 e. The van der Waals surface area contributed by atoms with Crippen molar-refractivity contribution in [2.45, 2.75) is 107 Å². The molecule has 4 nitrogen and oxygen atoms in total. The first-order valence-corrected chi connectivity index (χ1v) is 11.6. The molecule has 2 atom stereocenters. The van der Waals surface area contributed by atoms with Crippen LogP contribution in [-0.4, -0.2) is 23.7 Å². The summed E-state index contributed by atoms with van der Waals surface area (Å²) in [6.07, 6.45) is 7.47. The van der Waals surface area contributed by atoms with E-state index in [0.29, 0.717) is 31.8 Å². The molecule has 1 aliphatic carbocycles. The van der Waals surface area contributed by atoms with Crippen LogP contribution in [-0.2, 0) is 14.3 Å². The van der Waals surface area contributed by atoms with Gasteiger partial charge in [-0.25, -0.2) is 0 Å². The van der Waals surface area contributed by atoms with Gasteiger partial charge in [0.15, 0.2) is 0 Å². The highest BCUT2D eigenvalue weighted by molar-refractivity contribution is 5.85. The molecule has 1 N–H and O–H groups in total. The third-order valence-corrected chi connectivity index (χ3v) is 5.97. The Morgan fingerprint density at radius 2 is 1.48 bits per heavy atom. The molecule has 0 spiro atoms. The Labute approximate surface area is 179 Å². The third-order valence-electron chi connectivity index (χ3n) is 5.97. The number of aliphatic carboxylic acids is 1. The van der Waals surface area contributed by atoms with Gasteiger partial charge in [0.25, 0.3) is 0 Å². The number of rotatable bonds is 9. The lowest BCUT2D eigenvalue weighted by Crippen LogP contribution is -2.48. The van der Waals surface area contributed by atoms with Gasteiger partial charge in [0, 0.05) is 0 Å². The van der Waals surface area contributed by atoms with Crippen molar-refractivity contribution in [3.05, 3.63) is 0 Å². The second-order valence-corrected chi connectivity index (χ2v) is 12.3. The van der Waals surface area contributed by atoms with E-state index in [1.54, 1.807) is 0 Å². The van der Waals surface area contributed by atoms with E-state index in [1.807, 2.05) is 20.8 Å². The second kappa shape index (κ2) is 10.3. The fourth-order valence-electron chi connectivity index (χ4n) is 4.87. The molecular formula is C25H46O4. The fraction of sp³-hybridized carbons (Fsp3) is 0.920. The zero-order valence-corrected chi connectivity index (χ0v) is 20.3. The minimum atomic E-state index is -0.958. The number of carbonyl (C=O) groups excluding carboxylic acids is 1. The van der Waals surface area contributed by atoms with Crippen LogP contribution in [0.3, 0.4) is 0 Å². The van der Waals surface area contributed by atoms with Crippen LogP contribution in [0.1, 0.15) is 107 Å². The van der Waals surface area contributed by atoms with Crippen LogP contribution in [0, 0.1) is 34.0 Å². The molecule has 0 radical (unpaired) electrons. The molecule has 0 amide bonds. The molecule has 1 rings (SSSR count). The zero-order valence-electron chi connectivity index (χ0n) is 20.3. The average molecular weight is 411 g/mol. The summed E-state index contributed by atoms with van der Waals surface area (Å²) in [6, 6.07) is 0. The summed E-state index contributed by atoms with van der Waals surface area (Å²) in [7, 11) is 0. The van der Waals surface area contributed by atoms with Crippen molar-refractivity contribution < 1.29 is 19.4 Å². The number of hydrogen-bond donors (Lipinski definition) is 1. The molecule has 1 fully saturated rings. The van der Waals surface area contributed by atoms with Crippen LogP contribution in [0.4, 0.5) is 0 Å². The Balaban J connectivity index is 3.39. The first-order valence-electron chi connectivity index (χ1n) is 11.6. The largest absolute Gasteiger partial charge is 0.481 e. The fourth-order valence-corrected chi connectivity index (χ4v) is 4.87. The summed E-state index contributed by atoms with van der Waals surface area (Å²) in [5, 5.41) is 10.3. The average Bonchev–Trinajstić information content (AvgIpc) is 2.55. The molecular weight excluding hydrogens is 364 g/mol. The second-order valence-electron chi connectivity index (χ2n) is 12.3. The maximum absolute atomic E-state index is 13.7. The SMILES string of the molecule is CC(C)CC(CC1CCCCC1)(C(=O)OCC(C)(C)C)C(CC(C)(C)C)C(=O)O. The van der Waals surface area contributed by atoms with E-state index in [4.69, 9.17) is 4.74 Å². The number of hydrogen-bond acceptors (Lipinski definition) is 3. The highest BCUT2D eigenvalue weighted by Gasteiger charge is 2.52. The van der Waals surface area contributed by atoms with Crippen LogP contribution in [0.2, 0.25) is 0 Å². The molecule has 0 aromatic carbocycles. The van der Waals surface area contributed by atoms with E-state index in [-0.39, 0.29) is 22.7 Å². The topological polar surface area (TPSA) is 63.6 Å². The summed E-state index contributed by atoms with van der Waals surface area (Å²) in [5.74, 6) is -1.24. The Morgan fingerprint density at radius 1 is 0.931 bits per heavy atom. The molecule has 29 heavy (non-hydrogen) atoms. The highest BCUT2D eigenvalue weighted by Crippen LogP contribution is 2.49. The van der Waals surface area contributed by atoms with Crippen molar-refractivity contribution in [1.82, 2.24) is 0 Å². The molecule has 1 saturated carbocycles. The van der Waals surface area contributed by atoms with Crippen molar-refractivity contribution in [2.24, 2.45) is 34.0 Å². The smallest absolute Gasteiger partial charge is 0.312 e. The lowest BCUT2D eigenvalue weighted by atomic mass is 9.60. The van der Waals surface area contributed by atoms with Gasteiger partial charge in [-0.3, -0.25) is 9.59 Å². The summed E-state index contributed by atoms with van der Waals surface area (Å²) in [5.41, 5.74) is -1.28. The first-order chi connectivity index (χ1) is 13.2. The lowest BCUT2D eigenvalue weighted by Gasteiger charge is -2.43. The van der Waals surface area contributed by atoms with E-state index in [9.17, 15) is 14.7 Å². The van der Waals surface area contributed by atoms with E-state index < -0.39 is 17.3 Å². The van der Waals surface area contributed by atoms with Crippen molar-refractivity contribution in [3.8, 4) is 0 Å². The number of carbonyl (C=O) groups is 2. The molecule has 0 aromatic heterocycles. The molecule has 1 aliphatic rings. The van der Waals surface area contributed by atoms with Gasteiger partial charge in [-0.2, -0.15) is 0 Å². The quantitative estimate of drug-likeness (QED) is 0.429. The van der Waals surface area contributed by atoms with Crippen LogP contribution in [0.5, 0.6) is 0 Å². The van der Waals surface area contributed by atoms with Gasteiger partial charge in [-0.1, -0.05) is 87.5 Å². The van der Waals surface area contributed by atoms with E-state index in [1.165, 1.54) is 19.3 Å². The van der Waals surface area contributed by atoms with Crippen LogP contribution >= 0.6 is 0 Å². The van der Waals surface area contributed by atoms with Crippen LogP contribution in [0.25, 0.3) is 0 Å². The molecule has 0 aliphatic heterocycles. The monoisotopic (exact) mass is 410 g/mol. The molecule has 0 heterocycles. The van der Waals surface area contributed by atoms with Gasteiger partial charge in [0.2, 0.25) is 0 Å². The Hall–Kier alpha value is -1.06. The van der Waals surface area contributed by atoms with Crippen molar-refractivity contribution in [2.75, 3.05) is 6.61 Å². The lowest BCUT2D eigenvalue weighted by molar-refractivity contribution is -0.175. The third kappa shape index (κ3) is 8.68. The molecule has 2 unspecified atom stereocenters. The van der Waals surface area contributed by atoms with Crippen LogP contribution < -0.4 is 0 Å². The van der Waals surface area contributed by atoms with Gasteiger partial charge >= 0.3 is 11.9 Å². The molecule has 0 aromatic rings. The number of carboxylic acids is 1. The Morgan fingerprint density at radius 3 is 1.90 bits per heavy atom. The van der Waals surface area contributed by atoms with Gasteiger partial charge in [0.1, 0.15) is 0 Å². The predicted octanol–water partition coefficient (Wildman–Crippen LogP) is 6.72. The minimum absolute atomic E-state index is 0.146. The van der Waals surface area contributed by atoms with Gasteiger partial charge in [-0.15, -0.1) is 0 Å². The summed E-state index contributed by atoms with van der Waals surface area (Å²) >= 11 is 0. The Bertz CT molecular complexity index is 532. The van der Waals surface area contributed by atoms with E-state index >= 15 is 0 Å². The highest BCUT2D eigenvalue weighted by atomic mass is 16.5. The normalized spacial score (nSPS) is 19.6.